The van der Waals surface area contributed by atoms with Gasteiger partial charge in [-0.15, -0.1) is 0 Å². The van der Waals surface area contributed by atoms with Crippen LogP contribution in [0.3, 0.4) is 0 Å². The van der Waals surface area contributed by atoms with Gasteiger partial charge in [-0.1, -0.05) is 23.7 Å². The SMILES string of the molecule is CNc1ncc(Br)c(N(C)C(C)c2ccc(Cl)cc2)n1. The zero-order chi connectivity index (χ0) is 14.7. The summed E-state index contributed by atoms with van der Waals surface area (Å²) < 4.78 is 0.861. The molecule has 0 spiro atoms. The minimum absolute atomic E-state index is 0.170. The molecule has 0 aliphatic carbocycles. The predicted octanol–water partition coefficient (Wildman–Crippen LogP) is 4.13. The number of hydrogen-bond acceptors (Lipinski definition) is 4. The van der Waals surface area contributed by atoms with Gasteiger partial charge in [-0.3, -0.25) is 0 Å². The molecular weight excluding hydrogens is 340 g/mol. The molecule has 1 unspecified atom stereocenters. The standard InChI is InChI=1S/C14H16BrClN4/c1-9(10-4-6-11(16)7-5-10)20(3)13-12(15)8-18-14(17-2)19-13/h4-9H,1-3H3,(H,17,18,19). The minimum Gasteiger partial charge on any atom is -0.357 e. The number of rotatable bonds is 4. The van der Waals surface area contributed by atoms with Crippen molar-refractivity contribution in [3.63, 3.8) is 0 Å². The molecule has 2 rings (SSSR count). The van der Waals surface area contributed by atoms with Crippen molar-refractivity contribution in [1.29, 1.82) is 0 Å². The van der Waals surface area contributed by atoms with Crippen molar-refractivity contribution in [2.75, 3.05) is 24.3 Å². The van der Waals surface area contributed by atoms with E-state index >= 15 is 0 Å². The van der Waals surface area contributed by atoms with Crippen LogP contribution in [0.5, 0.6) is 0 Å². The highest BCUT2D eigenvalue weighted by Crippen LogP contribution is 2.30. The summed E-state index contributed by atoms with van der Waals surface area (Å²) in [6.07, 6.45) is 1.75. The zero-order valence-corrected chi connectivity index (χ0v) is 13.9. The van der Waals surface area contributed by atoms with E-state index in [1.165, 1.54) is 5.56 Å². The molecule has 0 aliphatic heterocycles. The van der Waals surface area contributed by atoms with Crippen molar-refractivity contribution in [2.45, 2.75) is 13.0 Å². The van der Waals surface area contributed by atoms with Gasteiger partial charge in [0.25, 0.3) is 0 Å². The highest BCUT2D eigenvalue weighted by atomic mass is 79.9. The molecule has 2 aromatic rings. The van der Waals surface area contributed by atoms with Crippen molar-refractivity contribution in [3.8, 4) is 0 Å². The Morgan fingerprint density at radius 2 is 1.95 bits per heavy atom. The van der Waals surface area contributed by atoms with Gasteiger partial charge in [0.1, 0.15) is 5.82 Å². The topological polar surface area (TPSA) is 41.1 Å². The molecule has 0 radical (unpaired) electrons. The highest BCUT2D eigenvalue weighted by Gasteiger charge is 2.17. The molecule has 0 saturated heterocycles. The fraction of sp³-hybridized carbons (Fsp3) is 0.286. The summed E-state index contributed by atoms with van der Waals surface area (Å²) in [7, 11) is 3.81. The summed E-state index contributed by atoms with van der Waals surface area (Å²) in [5.74, 6) is 1.44. The molecule has 1 aromatic carbocycles. The van der Waals surface area contributed by atoms with Crippen LogP contribution in [0.2, 0.25) is 5.02 Å². The molecule has 6 heteroatoms. The Kier molecular flexibility index (Phi) is 4.83. The summed E-state index contributed by atoms with van der Waals surface area (Å²) >= 11 is 9.42. The summed E-state index contributed by atoms with van der Waals surface area (Å²) in [5, 5.41) is 3.69. The summed E-state index contributed by atoms with van der Waals surface area (Å²) in [5.41, 5.74) is 1.17. The molecule has 106 valence electrons. The second kappa shape index (κ2) is 6.41. The fourth-order valence-corrected chi connectivity index (χ4v) is 2.47. The quantitative estimate of drug-likeness (QED) is 0.895. The first-order valence-electron chi connectivity index (χ1n) is 6.21. The van der Waals surface area contributed by atoms with E-state index < -0.39 is 0 Å². The Morgan fingerprint density at radius 3 is 2.55 bits per heavy atom. The van der Waals surface area contributed by atoms with Gasteiger partial charge in [0, 0.05) is 25.3 Å². The van der Waals surface area contributed by atoms with Crippen LogP contribution in [0, 0.1) is 0 Å². The van der Waals surface area contributed by atoms with Gasteiger partial charge in [0.05, 0.1) is 10.5 Å². The third-order valence-corrected chi connectivity index (χ3v) is 4.03. The molecule has 1 aromatic heterocycles. The van der Waals surface area contributed by atoms with Crippen molar-refractivity contribution in [1.82, 2.24) is 9.97 Å². The lowest BCUT2D eigenvalue weighted by molar-refractivity contribution is 0.725. The van der Waals surface area contributed by atoms with Crippen molar-refractivity contribution in [3.05, 3.63) is 45.5 Å². The molecule has 1 heterocycles. The van der Waals surface area contributed by atoms with Crippen LogP contribution < -0.4 is 10.2 Å². The number of halogens is 2. The Bertz CT molecular complexity index is 588. The van der Waals surface area contributed by atoms with Crippen LogP contribution >= 0.6 is 27.5 Å². The third-order valence-electron chi connectivity index (χ3n) is 3.22. The van der Waals surface area contributed by atoms with E-state index in [9.17, 15) is 0 Å². The van der Waals surface area contributed by atoms with E-state index in [-0.39, 0.29) is 6.04 Å². The number of benzene rings is 1. The number of hydrogen-bond donors (Lipinski definition) is 1. The molecule has 0 saturated carbocycles. The maximum absolute atomic E-state index is 5.93. The molecular formula is C14H16BrClN4. The van der Waals surface area contributed by atoms with E-state index in [4.69, 9.17) is 11.6 Å². The average molecular weight is 356 g/mol. The van der Waals surface area contributed by atoms with E-state index in [2.05, 4.69) is 43.0 Å². The largest absolute Gasteiger partial charge is 0.357 e. The average Bonchev–Trinajstić information content (AvgIpc) is 2.47. The number of nitrogens with one attached hydrogen (secondary N) is 1. The monoisotopic (exact) mass is 354 g/mol. The number of anilines is 2. The van der Waals surface area contributed by atoms with Crippen molar-refractivity contribution in [2.24, 2.45) is 0 Å². The second-order valence-corrected chi connectivity index (χ2v) is 5.74. The predicted molar refractivity (Wildman–Crippen MR) is 87.5 cm³/mol. The molecule has 0 aliphatic rings. The van der Waals surface area contributed by atoms with Crippen LogP contribution in [0.4, 0.5) is 11.8 Å². The van der Waals surface area contributed by atoms with Gasteiger partial charge in [0.15, 0.2) is 0 Å². The number of nitrogens with zero attached hydrogens (tertiary/aromatic N) is 3. The first kappa shape index (κ1) is 15.1. The number of aromatic nitrogens is 2. The first-order chi connectivity index (χ1) is 9.52. The van der Waals surface area contributed by atoms with Gasteiger partial charge in [-0.2, -0.15) is 4.98 Å². The van der Waals surface area contributed by atoms with Crippen LogP contribution in [0.25, 0.3) is 0 Å². The Labute approximate surface area is 132 Å². The molecule has 0 fully saturated rings. The lowest BCUT2D eigenvalue weighted by atomic mass is 10.1. The van der Waals surface area contributed by atoms with Crippen molar-refractivity contribution < 1.29 is 0 Å². The van der Waals surface area contributed by atoms with E-state index in [0.29, 0.717) is 5.95 Å². The smallest absolute Gasteiger partial charge is 0.224 e. The maximum Gasteiger partial charge on any atom is 0.224 e. The van der Waals surface area contributed by atoms with Gasteiger partial charge in [-0.25, -0.2) is 4.98 Å². The molecule has 0 amide bonds. The summed E-state index contributed by atoms with van der Waals surface area (Å²) in [6.45, 7) is 2.12. The minimum atomic E-state index is 0.170. The Balaban J connectivity index is 2.30. The third kappa shape index (κ3) is 3.22. The molecule has 1 atom stereocenters. The van der Waals surface area contributed by atoms with Gasteiger partial charge in [0.2, 0.25) is 5.95 Å². The second-order valence-electron chi connectivity index (χ2n) is 4.45. The summed E-state index contributed by atoms with van der Waals surface area (Å²) in [6, 6.07) is 8.02. The van der Waals surface area contributed by atoms with E-state index in [0.717, 1.165) is 15.3 Å². The molecule has 1 N–H and O–H groups in total. The van der Waals surface area contributed by atoms with Gasteiger partial charge >= 0.3 is 0 Å². The van der Waals surface area contributed by atoms with E-state index in [1.807, 2.05) is 31.3 Å². The highest BCUT2D eigenvalue weighted by molar-refractivity contribution is 9.10. The molecule has 20 heavy (non-hydrogen) atoms. The van der Waals surface area contributed by atoms with Crippen LogP contribution in [0.15, 0.2) is 34.9 Å². The van der Waals surface area contributed by atoms with Gasteiger partial charge < -0.3 is 10.2 Å². The van der Waals surface area contributed by atoms with Crippen LogP contribution in [-0.4, -0.2) is 24.1 Å². The lowest BCUT2D eigenvalue weighted by Crippen LogP contribution is -2.23. The Morgan fingerprint density at radius 1 is 1.30 bits per heavy atom. The first-order valence-corrected chi connectivity index (χ1v) is 7.38. The lowest BCUT2D eigenvalue weighted by Gasteiger charge is -2.27. The fourth-order valence-electron chi connectivity index (χ4n) is 1.87. The zero-order valence-electron chi connectivity index (χ0n) is 11.6. The van der Waals surface area contributed by atoms with Crippen LogP contribution in [0.1, 0.15) is 18.5 Å². The normalized spacial score (nSPS) is 12.1. The molecule has 0 bridgehead atoms. The van der Waals surface area contributed by atoms with Crippen molar-refractivity contribution >= 4 is 39.3 Å². The van der Waals surface area contributed by atoms with Gasteiger partial charge in [-0.05, 0) is 40.5 Å². The summed E-state index contributed by atoms with van der Waals surface area (Å²) in [4.78, 5) is 10.7. The van der Waals surface area contributed by atoms with E-state index in [1.54, 1.807) is 13.2 Å². The Hall–Kier alpha value is -1.33. The van der Waals surface area contributed by atoms with Crippen LogP contribution in [-0.2, 0) is 0 Å². The molecule has 4 nitrogen and oxygen atoms in total. The maximum atomic E-state index is 5.93.